The van der Waals surface area contributed by atoms with Crippen molar-refractivity contribution in [3.63, 3.8) is 0 Å². The number of halogens is 1. The molecule has 2 aromatic rings. The van der Waals surface area contributed by atoms with Crippen molar-refractivity contribution in [3.05, 3.63) is 51.1 Å². The Hall–Kier alpha value is -0.840. The van der Waals surface area contributed by atoms with E-state index in [1.165, 1.54) is 0 Å². The van der Waals surface area contributed by atoms with Crippen molar-refractivity contribution in [1.82, 2.24) is 0 Å². The fourth-order valence-corrected chi connectivity index (χ4v) is 2.67. The van der Waals surface area contributed by atoms with Gasteiger partial charge in [0.2, 0.25) is 0 Å². The van der Waals surface area contributed by atoms with Gasteiger partial charge < -0.3 is 10.5 Å². The fraction of sp³-hybridized carbons (Fsp3) is 0.231. The average molecular weight is 312 g/mol. The largest absolute Gasteiger partial charge is 0.484 e. The van der Waals surface area contributed by atoms with Gasteiger partial charge in [0.15, 0.2) is 0 Å². The van der Waals surface area contributed by atoms with E-state index >= 15 is 0 Å². The zero-order chi connectivity index (χ0) is 12.3. The van der Waals surface area contributed by atoms with Crippen LogP contribution >= 0.6 is 27.3 Å². The van der Waals surface area contributed by atoms with E-state index in [-0.39, 0.29) is 12.1 Å². The van der Waals surface area contributed by atoms with E-state index in [0.717, 1.165) is 15.8 Å². The van der Waals surface area contributed by atoms with E-state index in [2.05, 4.69) is 27.4 Å². The molecule has 0 amide bonds. The average Bonchev–Trinajstić information content (AvgIpc) is 2.78. The van der Waals surface area contributed by atoms with Gasteiger partial charge in [0.05, 0.1) is 0 Å². The fourth-order valence-electron chi connectivity index (χ4n) is 1.60. The van der Waals surface area contributed by atoms with Gasteiger partial charge in [-0.2, -0.15) is 11.3 Å². The minimum Gasteiger partial charge on any atom is -0.484 e. The number of hydrogen-bond donors (Lipinski definition) is 1. The highest BCUT2D eigenvalue weighted by Gasteiger charge is 2.18. The van der Waals surface area contributed by atoms with Crippen LogP contribution in [0.2, 0.25) is 0 Å². The van der Waals surface area contributed by atoms with Crippen molar-refractivity contribution in [2.45, 2.75) is 19.1 Å². The highest BCUT2D eigenvalue weighted by molar-refractivity contribution is 9.10. The monoisotopic (exact) mass is 311 g/mol. The second-order valence-corrected chi connectivity index (χ2v) is 5.61. The Bertz CT molecular complexity index is 470. The molecule has 2 N–H and O–H groups in total. The maximum absolute atomic E-state index is 5.98. The standard InChI is InChI=1S/C13H14BrNOS/c1-9(15)13(10-5-6-17-8-10)16-12-4-2-3-11(14)7-12/h2-9,13H,15H2,1H3. The predicted octanol–water partition coefficient (Wildman–Crippen LogP) is 3.98. The van der Waals surface area contributed by atoms with Gasteiger partial charge in [-0.05, 0) is 41.9 Å². The Morgan fingerprint density at radius 1 is 1.35 bits per heavy atom. The Balaban J connectivity index is 2.19. The first-order valence-corrected chi connectivity index (χ1v) is 7.10. The molecule has 0 saturated heterocycles. The van der Waals surface area contributed by atoms with Gasteiger partial charge in [0.25, 0.3) is 0 Å². The molecule has 0 fully saturated rings. The second kappa shape index (κ2) is 5.67. The molecule has 2 unspecified atom stereocenters. The first-order valence-electron chi connectivity index (χ1n) is 5.36. The topological polar surface area (TPSA) is 35.2 Å². The molecule has 2 rings (SSSR count). The zero-order valence-corrected chi connectivity index (χ0v) is 11.9. The zero-order valence-electron chi connectivity index (χ0n) is 9.47. The third-order valence-electron chi connectivity index (χ3n) is 2.41. The molecule has 0 aliphatic carbocycles. The summed E-state index contributed by atoms with van der Waals surface area (Å²) in [5, 5.41) is 4.11. The molecule has 2 atom stereocenters. The smallest absolute Gasteiger partial charge is 0.139 e. The van der Waals surface area contributed by atoms with Gasteiger partial charge >= 0.3 is 0 Å². The Morgan fingerprint density at radius 2 is 2.18 bits per heavy atom. The summed E-state index contributed by atoms with van der Waals surface area (Å²) < 4.78 is 6.96. The van der Waals surface area contributed by atoms with E-state index in [1.54, 1.807) is 11.3 Å². The molecule has 0 aliphatic rings. The molecule has 0 spiro atoms. The highest BCUT2D eigenvalue weighted by atomic mass is 79.9. The van der Waals surface area contributed by atoms with Gasteiger partial charge in [-0.1, -0.05) is 22.0 Å². The summed E-state index contributed by atoms with van der Waals surface area (Å²) in [4.78, 5) is 0. The summed E-state index contributed by atoms with van der Waals surface area (Å²) in [6, 6.07) is 9.80. The third-order valence-corrected chi connectivity index (χ3v) is 3.60. The van der Waals surface area contributed by atoms with Gasteiger partial charge in [-0.25, -0.2) is 0 Å². The van der Waals surface area contributed by atoms with Gasteiger partial charge in [0, 0.05) is 16.1 Å². The van der Waals surface area contributed by atoms with Crippen LogP contribution in [0.15, 0.2) is 45.6 Å². The summed E-state index contributed by atoms with van der Waals surface area (Å²) in [7, 11) is 0. The predicted molar refractivity (Wildman–Crippen MR) is 75.5 cm³/mol. The van der Waals surface area contributed by atoms with Crippen molar-refractivity contribution in [2.75, 3.05) is 0 Å². The van der Waals surface area contributed by atoms with Crippen LogP contribution in [0.5, 0.6) is 5.75 Å². The van der Waals surface area contributed by atoms with Crippen LogP contribution in [-0.2, 0) is 0 Å². The number of rotatable bonds is 4. The molecule has 0 saturated carbocycles. The molecule has 2 nitrogen and oxygen atoms in total. The number of nitrogens with two attached hydrogens (primary N) is 1. The molecule has 1 aromatic heterocycles. The molecule has 4 heteroatoms. The van der Waals surface area contributed by atoms with E-state index in [1.807, 2.05) is 36.6 Å². The summed E-state index contributed by atoms with van der Waals surface area (Å²) in [5.74, 6) is 0.827. The van der Waals surface area contributed by atoms with E-state index in [9.17, 15) is 0 Å². The first-order chi connectivity index (χ1) is 8.16. The SMILES string of the molecule is CC(N)C(Oc1cccc(Br)c1)c1ccsc1. The Labute approximate surface area is 114 Å². The van der Waals surface area contributed by atoms with E-state index < -0.39 is 0 Å². The van der Waals surface area contributed by atoms with Crippen molar-refractivity contribution in [2.24, 2.45) is 5.73 Å². The van der Waals surface area contributed by atoms with Crippen LogP contribution in [0.3, 0.4) is 0 Å². The number of thiophene rings is 1. The lowest BCUT2D eigenvalue weighted by molar-refractivity contribution is 0.181. The Morgan fingerprint density at radius 3 is 2.76 bits per heavy atom. The molecule has 90 valence electrons. The van der Waals surface area contributed by atoms with Crippen LogP contribution in [0, 0.1) is 0 Å². The molecule has 1 aromatic carbocycles. The van der Waals surface area contributed by atoms with Gasteiger partial charge in [0.1, 0.15) is 11.9 Å². The lowest BCUT2D eigenvalue weighted by Gasteiger charge is -2.21. The van der Waals surface area contributed by atoms with Crippen molar-refractivity contribution >= 4 is 27.3 Å². The summed E-state index contributed by atoms with van der Waals surface area (Å²) in [6.45, 7) is 1.96. The molecule has 0 radical (unpaired) electrons. The lowest BCUT2D eigenvalue weighted by Crippen LogP contribution is -2.28. The van der Waals surface area contributed by atoms with Crippen molar-refractivity contribution in [3.8, 4) is 5.75 Å². The number of benzene rings is 1. The number of ether oxygens (including phenoxy) is 1. The maximum Gasteiger partial charge on any atom is 0.139 e. The molecule has 17 heavy (non-hydrogen) atoms. The summed E-state index contributed by atoms with van der Waals surface area (Å²) in [5.41, 5.74) is 7.11. The number of hydrogen-bond acceptors (Lipinski definition) is 3. The van der Waals surface area contributed by atoms with E-state index in [0.29, 0.717) is 0 Å². The summed E-state index contributed by atoms with van der Waals surface area (Å²) in [6.07, 6.45) is -0.101. The summed E-state index contributed by atoms with van der Waals surface area (Å²) >= 11 is 5.08. The third kappa shape index (κ3) is 3.31. The van der Waals surface area contributed by atoms with Crippen molar-refractivity contribution in [1.29, 1.82) is 0 Å². The highest BCUT2D eigenvalue weighted by Crippen LogP contribution is 2.27. The second-order valence-electron chi connectivity index (χ2n) is 3.91. The molecule has 0 bridgehead atoms. The minimum absolute atomic E-state index is 0.0522. The van der Waals surface area contributed by atoms with Crippen LogP contribution in [0.25, 0.3) is 0 Å². The van der Waals surface area contributed by atoms with Crippen LogP contribution in [0.1, 0.15) is 18.6 Å². The van der Waals surface area contributed by atoms with Gasteiger partial charge in [-0.3, -0.25) is 0 Å². The first kappa shape index (κ1) is 12.6. The Kier molecular flexibility index (Phi) is 4.20. The van der Waals surface area contributed by atoms with Gasteiger partial charge in [-0.15, -0.1) is 0 Å². The molecule has 1 heterocycles. The maximum atomic E-state index is 5.98. The van der Waals surface area contributed by atoms with Crippen LogP contribution in [0.4, 0.5) is 0 Å². The molecular weight excluding hydrogens is 298 g/mol. The van der Waals surface area contributed by atoms with Crippen molar-refractivity contribution < 1.29 is 4.74 Å². The normalized spacial score (nSPS) is 14.3. The van der Waals surface area contributed by atoms with Crippen LogP contribution in [-0.4, -0.2) is 6.04 Å². The minimum atomic E-state index is -0.101. The van der Waals surface area contributed by atoms with Crippen LogP contribution < -0.4 is 10.5 Å². The lowest BCUT2D eigenvalue weighted by atomic mass is 10.1. The van der Waals surface area contributed by atoms with E-state index in [4.69, 9.17) is 10.5 Å². The molecule has 0 aliphatic heterocycles. The quantitative estimate of drug-likeness (QED) is 0.927. The molecular formula is C13H14BrNOS.